The first kappa shape index (κ1) is 17.6. The second kappa shape index (κ2) is 10.5. The lowest BCUT2D eigenvalue weighted by Gasteiger charge is -2.17. The molecule has 2 atom stereocenters. The number of carbonyl (C=O) groups is 2. The van der Waals surface area contributed by atoms with Gasteiger partial charge < -0.3 is 20.8 Å². The molecule has 0 unspecified atom stereocenters. The van der Waals surface area contributed by atoms with E-state index in [2.05, 4.69) is 35.9 Å². The van der Waals surface area contributed by atoms with Crippen LogP contribution in [0.1, 0.15) is 12.8 Å². The Morgan fingerprint density at radius 1 is 0.889 bits per heavy atom. The minimum atomic E-state index is -0.867. The van der Waals surface area contributed by atoms with Gasteiger partial charge in [0.25, 0.3) is 0 Å². The second-order valence-electron chi connectivity index (χ2n) is 3.86. The van der Waals surface area contributed by atoms with Gasteiger partial charge >= 0.3 is 11.9 Å². The molecule has 0 amide bonds. The number of carboxylic acids is 2. The highest BCUT2D eigenvalue weighted by Gasteiger charge is 2.12. The lowest BCUT2D eigenvalue weighted by Crippen LogP contribution is -2.41. The zero-order valence-electron chi connectivity index (χ0n) is 10.0. The van der Waals surface area contributed by atoms with Gasteiger partial charge in [-0.15, -0.1) is 0 Å². The molecule has 0 saturated heterocycles. The summed E-state index contributed by atoms with van der Waals surface area (Å²) in [6, 6.07) is -0.358. The SMILES string of the molecule is O=C(O)C[C@@H](CS)NCCN[C@@H](CS)CC(=O)O. The van der Waals surface area contributed by atoms with Gasteiger partial charge in [0, 0.05) is 36.7 Å². The van der Waals surface area contributed by atoms with Gasteiger partial charge in [-0.05, 0) is 0 Å². The molecule has 0 rings (SSSR count). The van der Waals surface area contributed by atoms with Crippen LogP contribution in [0.3, 0.4) is 0 Å². The van der Waals surface area contributed by atoms with E-state index < -0.39 is 11.9 Å². The van der Waals surface area contributed by atoms with Gasteiger partial charge in [0.05, 0.1) is 12.8 Å². The van der Waals surface area contributed by atoms with Crippen LogP contribution in [-0.4, -0.2) is 58.8 Å². The Morgan fingerprint density at radius 3 is 1.44 bits per heavy atom. The molecule has 18 heavy (non-hydrogen) atoms. The molecule has 0 aromatic carbocycles. The average molecular weight is 296 g/mol. The number of rotatable bonds is 11. The maximum Gasteiger partial charge on any atom is 0.304 e. The van der Waals surface area contributed by atoms with Crippen molar-refractivity contribution in [1.82, 2.24) is 10.6 Å². The lowest BCUT2D eigenvalue weighted by atomic mass is 10.2. The summed E-state index contributed by atoms with van der Waals surface area (Å²) in [4.78, 5) is 21.0. The first-order valence-electron chi connectivity index (χ1n) is 5.61. The number of carboxylic acid groups (broad SMARTS) is 2. The van der Waals surface area contributed by atoms with Crippen LogP contribution in [0.15, 0.2) is 0 Å². The average Bonchev–Trinajstić information content (AvgIpc) is 2.30. The van der Waals surface area contributed by atoms with Crippen molar-refractivity contribution in [1.29, 1.82) is 0 Å². The highest BCUT2D eigenvalue weighted by atomic mass is 32.1. The summed E-state index contributed by atoms with van der Waals surface area (Å²) < 4.78 is 0. The lowest BCUT2D eigenvalue weighted by molar-refractivity contribution is -0.138. The van der Waals surface area contributed by atoms with Crippen LogP contribution in [0.5, 0.6) is 0 Å². The predicted octanol–water partition coefficient (Wildman–Crippen LogP) is -0.288. The van der Waals surface area contributed by atoms with Crippen LogP contribution in [0.2, 0.25) is 0 Å². The van der Waals surface area contributed by atoms with Gasteiger partial charge in [0.15, 0.2) is 0 Å². The molecule has 0 aromatic rings. The van der Waals surface area contributed by atoms with Crippen LogP contribution in [0, 0.1) is 0 Å². The predicted molar refractivity (Wildman–Crippen MR) is 75.8 cm³/mol. The fourth-order valence-electron chi connectivity index (χ4n) is 1.38. The molecule has 0 radical (unpaired) electrons. The summed E-state index contributed by atoms with van der Waals surface area (Å²) in [5, 5.41) is 23.3. The van der Waals surface area contributed by atoms with E-state index in [1.807, 2.05) is 0 Å². The zero-order valence-corrected chi connectivity index (χ0v) is 11.8. The molecule has 0 spiro atoms. The van der Waals surface area contributed by atoms with E-state index in [-0.39, 0.29) is 24.9 Å². The van der Waals surface area contributed by atoms with Gasteiger partial charge in [0.2, 0.25) is 0 Å². The topological polar surface area (TPSA) is 98.7 Å². The van der Waals surface area contributed by atoms with E-state index >= 15 is 0 Å². The van der Waals surface area contributed by atoms with Gasteiger partial charge in [-0.25, -0.2) is 0 Å². The maximum atomic E-state index is 10.5. The van der Waals surface area contributed by atoms with Crippen LogP contribution >= 0.6 is 25.3 Å². The normalized spacial score (nSPS) is 14.1. The van der Waals surface area contributed by atoms with E-state index in [1.165, 1.54) is 0 Å². The Labute approximate surface area is 117 Å². The third kappa shape index (κ3) is 9.58. The molecule has 0 aliphatic rings. The molecule has 8 heteroatoms. The van der Waals surface area contributed by atoms with Crippen molar-refractivity contribution >= 4 is 37.2 Å². The second-order valence-corrected chi connectivity index (χ2v) is 4.59. The molecule has 4 N–H and O–H groups in total. The maximum absolute atomic E-state index is 10.5. The molecule has 106 valence electrons. The van der Waals surface area contributed by atoms with Gasteiger partial charge in [0.1, 0.15) is 0 Å². The summed E-state index contributed by atoms with van der Waals surface area (Å²) in [6.07, 6.45) is 0.0449. The molecule has 6 nitrogen and oxygen atoms in total. The van der Waals surface area contributed by atoms with Crippen LogP contribution in [0.25, 0.3) is 0 Å². The number of aliphatic carboxylic acids is 2. The Balaban J connectivity index is 3.75. The third-order valence-corrected chi connectivity index (χ3v) is 3.16. The van der Waals surface area contributed by atoms with Gasteiger partial charge in [-0.1, -0.05) is 0 Å². The van der Waals surface area contributed by atoms with Gasteiger partial charge in [-0.2, -0.15) is 25.3 Å². The molecule has 0 aromatic heterocycles. The van der Waals surface area contributed by atoms with Crippen LogP contribution in [0.4, 0.5) is 0 Å². The van der Waals surface area contributed by atoms with Crippen molar-refractivity contribution in [3.8, 4) is 0 Å². The summed E-state index contributed by atoms with van der Waals surface area (Å²) in [5.74, 6) is -0.850. The first-order chi connectivity index (χ1) is 8.49. The fraction of sp³-hybridized carbons (Fsp3) is 0.800. The van der Waals surface area contributed by atoms with Crippen LogP contribution in [-0.2, 0) is 9.59 Å². The Bertz CT molecular complexity index is 240. The molecule has 0 fully saturated rings. The molecular weight excluding hydrogens is 276 g/mol. The minimum Gasteiger partial charge on any atom is -0.481 e. The summed E-state index contributed by atoms with van der Waals surface area (Å²) in [7, 11) is 0. The van der Waals surface area contributed by atoms with E-state index in [9.17, 15) is 9.59 Å². The van der Waals surface area contributed by atoms with E-state index in [4.69, 9.17) is 10.2 Å². The molecule has 0 saturated carbocycles. The third-order valence-electron chi connectivity index (χ3n) is 2.27. The van der Waals surface area contributed by atoms with Crippen molar-refractivity contribution in [2.45, 2.75) is 24.9 Å². The fourth-order valence-corrected chi connectivity index (χ4v) is 1.89. The highest BCUT2D eigenvalue weighted by molar-refractivity contribution is 7.80. The number of hydrogen-bond acceptors (Lipinski definition) is 6. The Kier molecular flexibility index (Phi) is 10.2. The molecule has 0 aliphatic heterocycles. The zero-order chi connectivity index (χ0) is 14.0. The van der Waals surface area contributed by atoms with E-state index in [0.29, 0.717) is 24.6 Å². The smallest absolute Gasteiger partial charge is 0.304 e. The molecule has 0 aliphatic carbocycles. The minimum absolute atomic E-state index is 0.0224. The van der Waals surface area contributed by atoms with Crippen molar-refractivity contribution < 1.29 is 19.8 Å². The quantitative estimate of drug-likeness (QED) is 0.232. The summed E-state index contributed by atoms with van der Waals surface area (Å²) >= 11 is 8.12. The number of thiol groups is 2. The van der Waals surface area contributed by atoms with Crippen molar-refractivity contribution in [2.24, 2.45) is 0 Å². The first-order valence-corrected chi connectivity index (χ1v) is 6.88. The van der Waals surface area contributed by atoms with Gasteiger partial charge in [-0.3, -0.25) is 9.59 Å². The van der Waals surface area contributed by atoms with Crippen molar-refractivity contribution in [2.75, 3.05) is 24.6 Å². The monoisotopic (exact) mass is 296 g/mol. The van der Waals surface area contributed by atoms with Crippen LogP contribution < -0.4 is 10.6 Å². The molecule has 0 heterocycles. The molecular formula is C10H20N2O4S2. The molecule has 0 bridgehead atoms. The highest BCUT2D eigenvalue weighted by Crippen LogP contribution is 1.96. The van der Waals surface area contributed by atoms with Crippen molar-refractivity contribution in [3.63, 3.8) is 0 Å². The summed E-state index contributed by atoms with van der Waals surface area (Å²) in [6.45, 7) is 1.12. The Morgan fingerprint density at radius 2 is 1.22 bits per heavy atom. The van der Waals surface area contributed by atoms with E-state index in [1.54, 1.807) is 0 Å². The standard InChI is InChI=1S/C10H20N2O4S2/c13-9(14)3-7(5-17)11-1-2-12-8(6-18)4-10(15)16/h7-8,11-12,17-18H,1-6H2,(H,13,14)(H,15,16)/t7-,8+. The number of nitrogens with one attached hydrogen (secondary N) is 2. The van der Waals surface area contributed by atoms with E-state index in [0.717, 1.165) is 0 Å². The summed E-state index contributed by atoms with van der Waals surface area (Å²) in [5.41, 5.74) is 0. The number of hydrogen-bond donors (Lipinski definition) is 6. The Hall–Kier alpha value is -0.440. The largest absolute Gasteiger partial charge is 0.481 e. The van der Waals surface area contributed by atoms with Crippen molar-refractivity contribution in [3.05, 3.63) is 0 Å².